The van der Waals surface area contributed by atoms with Gasteiger partial charge in [0.25, 0.3) is 0 Å². The third-order valence-electron chi connectivity index (χ3n) is 5.02. The summed E-state index contributed by atoms with van der Waals surface area (Å²) in [5.41, 5.74) is 3.41. The standard InChI is InChI=1S/C27H24ClNO4/c1-18-7-5-8-20(27(18)33-15-19(2)30)16-31-22-9-6-10-23(14-22)32-17-21-13-25(28)24-11-3-4-12-26(24)29-21/h3-14H,15-17H2,1-2H3. The summed E-state index contributed by atoms with van der Waals surface area (Å²) >= 11 is 6.39. The van der Waals surface area contributed by atoms with Gasteiger partial charge in [0.1, 0.15) is 37.1 Å². The van der Waals surface area contributed by atoms with E-state index in [9.17, 15) is 4.79 Å². The zero-order chi connectivity index (χ0) is 23.2. The summed E-state index contributed by atoms with van der Waals surface area (Å²) in [6.07, 6.45) is 0. The van der Waals surface area contributed by atoms with Crippen LogP contribution < -0.4 is 14.2 Å². The van der Waals surface area contributed by atoms with Gasteiger partial charge in [-0.15, -0.1) is 0 Å². The number of carbonyl (C=O) groups excluding carboxylic acids is 1. The van der Waals surface area contributed by atoms with Gasteiger partial charge in [0.05, 0.1) is 16.2 Å². The molecule has 0 atom stereocenters. The number of para-hydroxylation sites is 2. The normalized spacial score (nSPS) is 10.8. The molecule has 1 heterocycles. The fourth-order valence-corrected chi connectivity index (χ4v) is 3.72. The predicted molar refractivity (Wildman–Crippen MR) is 129 cm³/mol. The molecule has 0 saturated carbocycles. The van der Waals surface area contributed by atoms with Crippen molar-refractivity contribution in [3.8, 4) is 17.2 Å². The van der Waals surface area contributed by atoms with Crippen molar-refractivity contribution in [2.45, 2.75) is 27.1 Å². The number of fused-ring (bicyclic) bond motifs is 1. The largest absolute Gasteiger partial charge is 0.489 e. The maximum atomic E-state index is 11.3. The second kappa shape index (κ2) is 10.4. The molecule has 4 rings (SSSR count). The van der Waals surface area contributed by atoms with Crippen LogP contribution in [0.4, 0.5) is 0 Å². The Balaban J connectivity index is 1.42. The van der Waals surface area contributed by atoms with Crippen LogP contribution in [0.3, 0.4) is 0 Å². The van der Waals surface area contributed by atoms with E-state index in [2.05, 4.69) is 4.98 Å². The molecule has 33 heavy (non-hydrogen) atoms. The maximum absolute atomic E-state index is 11.3. The van der Waals surface area contributed by atoms with Crippen LogP contribution in [-0.4, -0.2) is 17.4 Å². The number of benzene rings is 3. The molecule has 168 valence electrons. The summed E-state index contributed by atoms with van der Waals surface area (Å²) in [5, 5.41) is 1.57. The van der Waals surface area contributed by atoms with Crippen LogP contribution in [0.15, 0.2) is 72.8 Å². The van der Waals surface area contributed by atoms with E-state index in [-0.39, 0.29) is 19.0 Å². The smallest absolute Gasteiger partial charge is 0.167 e. The minimum Gasteiger partial charge on any atom is -0.489 e. The fourth-order valence-electron chi connectivity index (χ4n) is 3.44. The first-order chi connectivity index (χ1) is 16.0. The molecule has 5 nitrogen and oxygen atoms in total. The van der Waals surface area contributed by atoms with Gasteiger partial charge in [0.2, 0.25) is 0 Å². The van der Waals surface area contributed by atoms with Crippen molar-refractivity contribution in [3.05, 3.63) is 94.6 Å². The van der Waals surface area contributed by atoms with E-state index in [0.29, 0.717) is 28.9 Å². The van der Waals surface area contributed by atoms with Crippen molar-refractivity contribution < 1.29 is 19.0 Å². The highest BCUT2D eigenvalue weighted by Crippen LogP contribution is 2.27. The van der Waals surface area contributed by atoms with Crippen LogP contribution in [0.5, 0.6) is 17.2 Å². The van der Waals surface area contributed by atoms with Gasteiger partial charge >= 0.3 is 0 Å². The first kappa shape index (κ1) is 22.6. The molecule has 0 spiro atoms. The van der Waals surface area contributed by atoms with Gasteiger partial charge in [-0.25, -0.2) is 4.98 Å². The number of pyridine rings is 1. The first-order valence-corrected chi connectivity index (χ1v) is 11.0. The highest BCUT2D eigenvalue weighted by Gasteiger charge is 2.10. The van der Waals surface area contributed by atoms with E-state index in [0.717, 1.165) is 27.7 Å². The lowest BCUT2D eigenvalue weighted by molar-refractivity contribution is -0.118. The maximum Gasteiger partial charge on any atom is 0.167 e. The summed E-state index contributed by atoms with van der Waals surface area (Å²) < 4.78 is 17.6. The number of hydrogen-bond donors (Lipinski definition) is 0. The molecule has 0 fully saturated rings. The van der Waals surface area contributed by atoms with Gasteiger partial charge in [0.15, 0.2) is 5.78 Å². The lowest BCUT2D eigenvalue weighted by atomic mass is 10.1. The van der Waals surface area contributed by atoms with Gasteiger partial charge < -0.3 is 14.2 Å². The molecular formula is C27H24ClNO4. The lowest BCUT2D eigenvalue weighted by Gasteiger charge is -2.14. The molecule has 1 aromatic heterocycles. The summed E-state index contributed by atoms with van der Waals surface area (Å²) in [6, 6.07) is 22.8. The number of carbonyl (C=O) groups is 1. The average molecular weight is 462 g/mol. The number of ether oxygens (including phenoxy) is 3. The Morgan fingerprint density at radius 2 is 1.61 bits per heavy atom. The molecule has 0 saturated heterocycles. The minimum absolute atomic E-state index is 0.0304. The fraction of sp³-hybridized carbons (Fsp3) is 0.185. The average Bonchev–Trinajstić information content (AvgIpc) is 2.81. The van der Waals surface area contributed by atoms with Gasteiger partial charge in [-0.1, -0.05) is 54.1 Å². The highest BCUT2D eigenvalue weighted by molar-refractivity contribution is 6.35. The number of hydrogen-bond acceptors (Lipinski definition) is 5. The van der Waals surface area contributed by atoms with E-state index < -0.39 is 0 Å². The zero-order valence-electron chi connectivity index (χ0n) is 18.5. The molecule has 6 heteroatoms. The molecule has 0 bridgehead atoms. The Hall–Kier alpha value is -3.57. The van der Waals surface area contributed by atoms with E-state index in [4.69, 9.17) is 25.8 Å². The predicted octanol–water partition coefficient (Wildman–Crippen LogP) is 6.32. The number of nitrogens with zero attached hydrogens (tertiary/aromatic N) is 1. The quantitative estimate of drug-likeness (QED) is 0.292. The molecule has 0 unspecified atom stereocenters. The summed E-state index contributed by atoms with van der Waals surface area (Å²) in [4.78, 5) is 15.9. The molecule has 4 aromatic rings. The van der Waals surface area contributed by atoms with E-state index in [1.54, 1.807) is 0 Å². The third kappa shape index (κ3) is 5.82. The number of rotatable bonds is 9. The van der Waals surface area contributed by atoms with Crippen LogP contribution in [0.25, 0.3) is 10.9 Å². The SMILES string of the molecule is CC(=O)COc1c(C)cccc1COc1cccc(OCc2cc(Cl)c3ccccc3n2)c1. The second-order valence-electron chi connectivity index (χ2n) is 7.72. The number of Topliss-reactive ketones (excluding diaryl/α,β-unsaturated/α-hetero) is 1. The first-order valence-electron chi connectivity index (χ1n) is 10.6. The zero-order valence-corrected chi connectivity index (χ0v) is 19.3. The molecule has 0 N–H and O–H groups in total. The van der Waals surface area contributed by atoms with Crippen molar-refractivity contribution in [1.82, 2.24) is 4.98 Å². The van der Waals surface area contributed by atoms with Crippen LogP contribution in [-0.2, 0) is 18.0 Å². The number of halogens is 1. The van der Waals surface area contributed by atoms with Crippen molar-refractivity contribution in [1.29, 1.82) is 0 Å². The minimum atomic E-state index is -0.0304. The highest BCUT2D eigenvalue weighted by atomic mass is 35.5. The third-order valence-corrected chi connectivity index (χ3v) is 5.33. The Labute approximate surface area is 197 Å². The molecule has 0 aliphatic heterocycles. The summed E-state index contributed by atoms with van der Waals surface area (Å²) in [6.45, 7) is 4.07. The number of aryl methyl sites for hydroxylation is 1. The number of aromatic nitrogens is 1. The van der Waals surface area contributed by atoms with Gasteiger partial charge in [0, 0.05) is 17.0 Å². The molecule has 0 radical (unpaired) electrons. The Morgan fingerprint density at radius 3 is 2.39 bits per heavy atom. The molecule has 3 aromatic carbocycles. The summed E-state index contributed by atoms with van der Waals surface area (Å²) in [5.74, 6) is 1.98. The van der Waals surface area contributed by atoms with Crippen LogP contribution in [0, 0.1) is 6.92 Å². The Morgan fingerprint density at radius 1 is 0.879 bits per heavy atom. The van der Waals surface area contributed by atoms with E-state index >= 15 is 0 Å². The van der Waals surface area contributed by atoms with Gasteiger partial charge in [-0.05, 0) is 43.7 Å². The molecule has 0 aliphatic carbocycles. The van der Waals surface area contributed by atoms with Crippen molar-refractivity contribution in [3.63, 3.8) is 0 Å². The summed E-state index contributed by atoms with van der Waals surface area (Å²) in [7, 11) is 0. The van der Waals surface area contributed by atoms with E-state index in [1.165, 1.54) is 6.92 Å². The van der Waals surface area contributed by atoms with Crippen molar-refractivity contribution in [2.24, 2.45) is 0 Å². The van der Waals surface area contributed by atoms with Gasteiger partial charge in [-0.3, -0.25) is 4.79 Å². The van der Waals surface area contributed by atoms with E-state index in [1.807, 2.05) is 79.7 Å². The second-order valence-corrected chi connectivity index (χ2v) is 8.13. The molecule has 0 amide bonds. The van der Waals surface area contributed by atoms with Crippen molar-refractivity contribution >= 4 is 28.3 Å². The van der Waals surface area contributed by atoms with Gasteiger partial charge in [-0.2, -0.15) is 0 Å². The number of ketones is 1. The lowest BCUT2D eigenvalue weighted by Crippen LogP contribution is -2.10. The van der Waals surface area contributed by atoms with Crippen molar-refractivity contribution in [2.75, 3.05) is 6.61 Å². The Kier molecular flexibility index (Phi) is 7.10. The van der Waals surface area contributed by atoms with Crippen LogP contribution >= 0.6 is 11.6 Å². The molecule has 0 aliphatic rings. The van der Waals surface area contributed by atoms with Crippen LogP contribution in [0.2, 0.25) is 5.02 Å². The monoisotopic (exact) mass is 461 g/mol. The molecular weight excluding hydrogens is 438 g/mol. The topological polar surface area (TPSA) is 57.7 Å². The Bertz CT molecular complexity index is 1290. The van der Waals surface area contributed by atoms with Crippen LogP contribution in [0.1, 0.15) is 23.7 Å².